The largest absolute Gasteiger partial charge is 0.498 e. The highest BCUT2D eigenvalue weighted by Crippen LogP contribution is 2.31. The molecular weight excluding hydrogens is 420 g/mol. The Labute approximate surface area is 192 Å². The van der Waals surface area contributed by atoms with E-state index in [9.17, 15) is 4.79 Å². The molecule has 9 nitrogen and oxygen atoms in total. The highest BCUT2D eigenvalue weighted by Gasteiger charge is 2.23. The maximum atomic E-state index is 12.1. The summed E-state index contributed by atoms with van der Waals surface area (Å²) in [4.78, 5) is 31.0. The van der Waals surface area contributed by atoms with Gasteiger partial charge in [-0.2, -0.15) is 9.97 Å². The molecule has 1 N–H and O–H groups in total. The lowest BCUT2D eigenvalue weighted by Gasteiger charge is -2.31. The summed E-state index contributed by atoms with van der Waals surface area (Å²) in [6.07, 6.45) is 1.76. The molecule has 1 saturated heterocycles. The zero-order chi connectivity index (χ0) is 22.8. The van der Waals surface area contributed by atoms with Gasteiger partial charge < -0.3 is 24.6 Å². The zero-order valence-electron chi connectivity index (χ0n) is 18.7. The molecule has 2 aliphatic rings. The number of allylic oxidation sites excluding steroid dienone is 1. The Morgan fingerprint density at radius 1 is 1.03 bits per heavy atom. The van der Waals surface area contributed by atoms with Gasteiger partial charge in [-0.1, -0.05) is 12.1 Å². The number of fused-ring (bicyclic) bond motifs is 1. The van der Waals surface area contributed by atoms with Gasteiger partial charge in [0.1, 0.15) is 18.7 Å². The number of nitrogens with zero attached hydrogens (tertiary/aromatic N) is 5. The van der Waals surface area contributed by atoms with Crippen LogP contribution in [0.3, 0.4) is 0 Å². The van der Waals surface area contributed by atoms with Crippen molar-refractivity contribution in [3.63, 3.8) is 0 Å². The number of nitrogens with one attached hydrogen (secondary N) is 1. The number of rotatable bonds is 4. The molecule has 1 fully saturated rings. The minimum Gasteiger partial charge on any atom is -0.498 e. The molecular formula is C24H26N6O3. The minimum atomic E-state index is -0.133. The van der Waals surface area contributed by atoms with Gasteiger partial charge in [0.25, 0.3) is 5.91 Å². The van der Waals surface area contributed by atoms with E-state index in [1.165, 1.54) is 0 Å². The predicted octanol–water partition coefficient (Wildman–Crippen LogP) is 2.59. The summed E-state index contributed by atoms with van der Waals surface area (Å²) in [5, 5.41) is 3.53. The predicted molar refractivity (Wildman–Crippen MR) is 126 cm³/mol. The van der Waals surface area contributed by atoms with Crippen molar-refractivity contribution in [2.24, 2.45) is 0 Å². The van der Waals surface area contributed by atoms with Crippen LogP contribution in [0.1, 0.15) is 17.3 Å². The Morgan fingerprint density at radius 2 is 1.88 bits per heavy atom. The first-order valence-electron chi connectivity index (χ1n) is 11.0. The van der Waals surface area contributed by atoms with Crippen LogP contribution >= 0.6 is 0 Å². The maximum Gasteiger partial charge on any atom is 0.251 e. The lowest BCUT2D eigenvalue weighted by molar-refractivity contribution is 0.0963. The Kier molecular flexibility index (Phi) is 5.78. The van der Waals surface area contributed by atoms with Crippen LogP contribution in [0.2, 0.25) is 0 Å². The Bertz CT molecular complexity index is 1220. The molecule has 0 atom stereocenters. The molecule has 0 unspecified atom stereocenters. The Morgan fingerprint density at radius 3 is 2.67 bits per heavy atom. The summed E-state index contributed by atoms with van der Waals surface area (Å²) in [5.41, 5.74) is 3.79. The number of amides is 1. The molecule has 4 heterocycles. The fraction of sp³-hybridized carbons (Fsp3) is 0.333. The standard InChI is InChI=1S/C24H26N6O3/c1-16-15-33-13-10-30(16)22-19-6-7-20(17-4-3-5-18(14-17)23(31)25-2)26-21(19)27-24(28-22)29-8-11-32-12-9-29/h3-7,14-15H,8-13H2,1-2H3,(H,25,31). The molecule has 33 heavy (non-hydrogen) atoms. The molecule has 9 heteroatoms. The number of morpholine rings is 1. The minimum absolute atomic E-state index is 0.133. The normalized spacial score (nSPS) is 16.4. The van der Waals surface area contributed by atoms with Crippen molar-refractivity contribution in [2.45, 2.75) is 6.92 Å². The van der Waals surface area contributed by atoms with Crippen molar-refractivity contribution >= 4 is 28.7 Å². The highest BCUT2D eigenvalue weighted by molar-refractivity contribution is 5.95. The van der Waals surface area contributed by atoms with Crippen LogP contribution in [0.25, 0.3) is 22.3 Å². The van der Waals surface area contributed by atoms with E-state index in [0.29, 0.717) is 43.5 Å². The number of hydrogen-bond acceptors (Lipinski definition) is 8. The molecule has 170 valence electrons. The van der Waals surface area contributed by atoms with Crippen LogP contribution < -0.4 is 15.1 Å². The van der Waals surface area contributed by atoms with Crippen molar-refractivity contribution in [1.82, 2.24) is 20.3 Å². The number of carbonyl (C=O) groups is 1. The van der Waals surface area contributed by atoms with Crippen molar-refractivity contribution in [1.29, 1.82) is 0 Å². The molecule has 1 aromatic carbocycles. The molecule has 0 bridgehead atoms. The first-order valence-corrected chi connectivity index (χ1v) is 11.0. The summed E-state index contributed by atoms with van der Waals surface area (Å²) in [7, 11) is 1.62. The number of hydrogen-bond donors (Lipinski definition) is 1. The first kappa shape index (κ1) is 21.1. The van der Waals surface area contributed by atoms with Crippen molar-refractivity contribution in [3.8, 4) is 11.3 Å². The van der Waals surface area contributed by atoms with Crippen LogP contribution in [-0.2, 0) is 9.47 Å². The fourth-order valence-electron chi connectivity index (χ4n) is 4.05. The molecule has 1 amide bonds. The average Bonchev–Trinajstić information content (AvgIpc) is 2.88. The second-order valence-corrected chi connectivity index (χ2v) is 7.96. The summed E-state index contributed by atoms with van der Waals surface area (Å²) >= 11 is 0. The van der Waals surface area contributed by atoms with E-state index in [4.69, 9.17) is 24.4 Å². The highest BCUT2D eigenvalue weighted by atomic mass is 16.5. The number of anilines is 2. The van der Waals surface area contributed by atoms with Gasteiger partial charge in [-0.25, -0.2) is 4.98 Å². The van der Waals surface area contributed by atoms with Gasteiger partial charge in [0, 0.05) is 31.3 Å². The van der Waals surface area contributed by atoms with Gasteiger partial charge in [0.15, 0.2) is 5.65 Å². The summed E-state index contributed by atoms with van der Waals surface area (Å²) in [6.45, 7) is 6.06. The molecule has 5 rings (SSSR count). The smallest absolute Gasteiger partial charge is 0.251 e. The molecule has 0 aliphatic carbocycles. The van der Waals surface area contributed by atoms with Crippen LogP contribution in [-0.4, -0.2) is 67.4 Å². The van der Waals surface area contributed by atoms with Gasteiger partial charge in [0.2, 0.25) is 5.95 Å². The number of pyridine rings is 1. The summed E-state index contributed by atoms with van der Waals surface area (Å²) in [5.74, 6) is 1.33. The van der Waals surface area contributed by atoms with Crippen LogP contribution in [0.5, 0.6) is 0 Å². The number of ether oxygens (including phenoxy) is 2. The lowest BCUT2D eigenvalue weighted by atomic mass is 10.1. The van der Waals surface area contributed by atoms with Gasteiger partial charge in [-0.15, -0.1) is 0 Å². The third-order valence-corrected chi connectivity index (χ3v) is 5.84. The van der Waals surface area contributed by atoms with Crippen LogP contribution in [0.4, 0.5) is 11.8 Å². The van der Waals surface area contributed by atoms with Gasteiger partial charge >= 0.3 is 0 Å². The van der Waals surface area contributed by atoms with E-state index in [-0.39, 0.29) is 5.91 Å². The number of carbonyl (C=O) groups excluding carboxylic acids is 1. The van der Waals surface area contributed by atoms with E-state index in [1.54, 1.807) is 19.4 Å². The molecule has 2 aliphatic heterocycles. The van der Waals surface area contributed by atoms with Crippen molar-refractivity contribution in [2.75, 3.05) is 56.3 Å². The SMILES string of the molecule is CNC(=O)c1cccc(-c2ccc3c(N4CCOC=C4C)nc(N4CCOCC4)nc3n2)c1. The van der Waals surface area contributed by atoms with Crippen molar-refractivity contribution < 1.29 is 14.3 Å². The number of aromatic nitrogens is 3. The first-order chi connectivity index (χ1) is 16.1. The molecule has 0 radical (unpaired) electrons. The molecule has 0 spiro atoms. The third-order valence-electron chi connectivity index (χ3n) is 5.84. The van der Waals surface area contributed by atoms with Gasteiger partial charge in [0.05, 0.1) is 36.5 Å². The maximum absolute atomic E-state index is 12.1. The molecule has 3 aromatic rings. The van der Waals surface area contributed by atoms with Crippen LogP contribution in [0.15, 0.2) is 48.4 Å². The summed E-state index contributed by atoms with van der Waals surface area (Å²) < 4.78 is 11.0. The zero-order valence-corrected chi connectivity index (χ0v) is 18.7. The lowest BCUT2D eigenvalue weighted by Crippen LogP contribution is -2.38. The van der Waals surface area contributed by atoms with Crippen LogP contribution in [0, 0.1) is 0 Å². The van der Waals surface area contributed by atoms with E-state index in [1.807, 2.05) is 37.3 Å². The monoisotopic (exact) mass is 446 g/mol. The van der Waals surface area contributed by atoms with Crippen molar-refractivity contribution in [3.05, 3.63) is 53.9 Å². The van der Waals surface area contributed by atoms with Gasteiger partial charge in [-0.05, 0) is 31.2 Å². The van der Waals surface area contributed by atoms with E-state index in [2.05, 4.69) is 15.1 Å². The fourth-order valence-corrected chi connectivity index (χ4v) is 4.05. The van der Waals surface area contributed by atoms with Gasteiger partial charge in [-0.3, -0.25) is 4.79 Å². The Hall–Kier alpha value is -3.72. The third kappa shape index (κ3) is 4.19. The summed E-state index contributed by atoms with van der Waals surface area (Å²) in [6, 6.07) is 11.4. The van der Waals surface area contributed by atoms with E-state index < -0.39 is 0 Å². The average molecular weight is 447 g/mol. The molecule has 2 aromatic heterocycles. The van der Waals surface area contributed by atoms with E-state index >= 15 is 0 Å². The number of benzene rings is 1. The second kappa shape index (κ2) is 9.03. The Balaban J connectivity index is 1.63. The topological polar surface area (TPSA) is 92.7 Å². The molecule has 0 saturated carbocycles. The second-order valence-electron chi connectivity index (χ2n) is 7.96. The van der Waals surface area contributed by atoms with E-state index in [0.717, 1.165) is 41.2 Å². The quantitative estimate of drug-likeness (QED) is 0.654.